The molecule has 0 bridgehead atoms. The van der Waals surface area contributed by atoms with Gasteiger partial charge in [-0.05, 0) is 25.0 Å². The van der Waals surface area contributed by atoms with E-state index in [1.54, 1.807) is 12.1 Å². The van der Waals surface area contributed by atoms with Gasteiger partial charge in [-0.1, -0.05) is 26.7 Å². The summed E-state index contributed by atoms with van der Waals surface area (Å²) in [5.74, 6) is 0.0140. The van der Waals surface area contributed by atoms with E-state index in [1.165, 1.54) is 6.20 Å². The fourth-order valence-electron chi connectivity index (χ4n) is 3.21. The molecule has 2 N–H and O–H groups in total. The third-order valence-electron chi connectivity index (χ3n) is 4.39. The molecular weight excluding hydrogens is 334 g/mol. The van der Waals surface area contributed by atoms with Gasteiger partial charge in [-0.2, -0.15) is 0 Å². The maximum Gasteiger partial charge on any atom is 0.325 e. The van der Waals surface area contributed by atoms with Crippen molar-refractivity contribution in [2.75, 3.05) is 30.9 Å². The van der Waals surface area contributed by atoms with Gasteiger partial charge in [0, 0.05) is 14.1 Å². The lowest BCUT2D eigenvalue weighted by Crippen LogP contribution is -2.47. The number of amides is 4. The van der Waals surface area contributed by atoms with Crippen LogP contribution in [0.4, 0.5) is 16.3 Å². The van der Waals surface area contributed by atoms with E-state index in [9.17, 15) is 14.4 Å². The van der Waals surface area contributed by atoms with Crippen LogP contribution in [0.25, 0.3) is 0 Å². The van der Waals surface area contributed by atoms with Crippen LogP contribution in [-0.2, 0) is 9.59 Å². The second-order valence-corrected chi connectivity index (χ2v) is 6.75. The van der Waals surface area contributed by atoms with E-state index in [1.807, 2.05) is 32.8 Å². The molecule has 8 nitrogen and oxygen atoms in total. The predicted molar refractivity (Wildman–Crippen MR) is 100.0 cm³/mol. The van der Waals surface area contributed by atoms with Crippen molar-refractivity contribution in [1.29, 1.82) is 0 Å². The Morgan fingerprint density at radius 3 is 2.38 bits per heavy atom. The number of rotatable bonds is 8. The van der Waals surface area contributed by atoms with E-state index >= 15 is 0 Å². The Hall–Kier alpha value is -2.64. The number of hydrogen-bond donors (Lipinski definition) is 2. The van der Waals surface area contributed by atoms with Gasteiger partial charge < -0.3 is 15.5 Å². The van der Waals surface area contributed by atoms with Gasteiger partial charge in [0.25, 0.3) is 5.91 Å². The van der Waals surface area contributed by atoms with Crippen LogP contribution in [0.2, 0.25) is 0 Å². The topological polar surface area (TPSA) is 94.6 Å². The zero-order valence-electron chi connectivity index (χ0n) is 15.8. The number of urea groups is 1. The fourth-order valence-corrected chi connectivity index (χ4v) is 3.21. The molecule has 2 heterocycles. The van der Waals surface area contributed by atoms with Crippen molar-refractivity contribution in [1.82, 2.24) is 15.2 Å². The highest BCUT2D eigenvalue weighted by atomic mass is 16.2. The van der Waals surface area contributed by atoms with E-state index in [2.05, 4.69) is 15.6 Å². The van der Waals surface area contributed by atoms with Crippen molar-refractivity contribution in [3.63, 3.8) is 0 Å². The second kappa shape index (κ2) is 8.16. The number of nitrogens with zero attached hydrogens (tertiary/aromatic N) is 3. The molecule has 1 aromatic rings. The standard InChI is InChI=1S/C18H27N5O3/c1-5-9-18(10-6-2)16(25)23(17(26)21-18)12-15(24)20-13-7-8-14(19-11-13)22(3)4/h7-8,11H,5-6,9-10,12H2,1-4H3,(H,20,24)(H,21,26). The Labute approximate surface area is 153 Å². The lowest BCUT2D eigenvalue weighted by atomic mass is 9.88. The number of hydrogen-bond acceptors (Lipinski definition) is 5. The molecule has 0 spiro atoms. The van der Waals surface area contributed by atoms with Gasteiger partial charge >= 0.3 is 6.03 Å². The highest BCUT2D eigenvalue weighted by Gasteiger charge is 2.50. The van der Waals surface area contributed by atoms with Gasteiger partial charge in [-0.15, -0.1) is 0 Å². The first kappa shape index (κ1) is 19.7. The number of anilines is 2. The predicted octanol–water partition coefficient (Wildman–Crippen LogP) is 1.98. The fraction of sp³-hybridized carbons (Fsp3) is 0.556. The molecule has 1 aliphatic rings. The van der Waals surface area contributed by atoms with E-state index in [0.717, 1.165) is 23.6 Å². The largest absolute Gasteiger partial charge is 0.363 e. The summed E-state index contributed by atoms with van der Waals surface area (Å²) in [5.41, 5.74) is -0.364. The highest BCUT2D eigenvalue weighted by molar-refractivity contribution is 6.10. The molecule has 8 heteroatoms. The van der Waals surface area contributed by atoms with Gasteiger partial charge in [-0.3, -0.25) is 14.5 Å². The molecule has 0 unspecified atom stereocenters. The van der Waals surface area contributed by atoms with Crippen LogP contribution in [0.3, 0.4) is 0 Å². The van der Waals surface area contributed by atoms with Crippen LogP contribution in [-0.4, -0.2) is 53.9 Å². The minimum atomic E-state index is -0.879. The molecule has 26 heavy (non-hydrogen) atoms. The molecule has 0 aliphatic carbocycles. The number of pyridine rings is 1. The van der Waals surface area contributed by atoms with Crippen molar-refractivity contribution >= 4 is 29.4 Å². The lowest BCUT2D eigenvalue weighted by molar-refractivity contribution is -0.134. The normalized spacial score (nSPS) is 15.8. The van der Waals surface area contributed by atoms with Crippen molar-refractivity contribution in [2.45, 2.75) is 45.1 Å². The SMILES string of the molecule is CCCC1(CCC)NC(=O)N(CC(=O)Nc2ccc(N(C)C)nc2)C1=O. The van der Waals surface area contributed by atoms with E-state index in [4.69, 9.17) is 0 Å². The molecule has 1 aromatic heterocycles. The Bertz CT molecular complexity index is 666. The van der Waals surface area contributed by atoms with Crippen LogP contribution in [0.15, 0.2) is 18.3 Å². The van der Waals surface area contributed by atoms with Crippen LogP contribution in [0, 0.1) is 0 Å². The summed E-state index contributed by atoms with van der Waals surface area (Å²) in [4.78, 5) is 44.4. The molecule has 2 rings (SSSR count). The third-order valence-corrected chi connectivity index (χ3v) is 4.39. The summed E-state index contributed by atoms with van der Waals surface area (Å²) >= 11 is 0. The minimum absolute atomic E-state index is 0.310. The summed E-state index contributed by atoms with van der Waals surface area (Å²) in [6, 6.07) is 3.00. The molecular formula is C18H27N5O3. The minimum Gasteiger partial charge on any atom is -0.363 e. The molecule has 4 amide bonds. The molecule has 0 saturated carbocycles. The van der Waals surface area contributed by atoms with Gasteiger partial charge in [0.1, 0.15) is 17.9 Å². The Kier molecular flexibility index (Phi) is 6.18. The summed E-state index contributed by atoms with van der Waals surface area (Å²) in [6.45, 7) is 3.63. The van der Waals surface area contributed by atoms with Crippen LogP contribution in [0.5, 0.6) is 0 Å². The third kappa shape index (κ3) is 4.12. The van der Waals surface area contributed by atoms with Crippen LogP contribution >= 0.6 is 0 Å². The van der Waals surface area contributed by atoms with Crippen molar-refractivity contribution in [3.8, 4) is 0 Å². The number of nitrogens with one attached hydrogen (secondary N) is 2. The zero-order chi connectivity index (χ0) is 19.3. The van der Waals surface area contributed by atoms with Gasteiger partial charge in [-0.25, -0.2) is 9.78 Å². The number of carbonyl (C=O) groups is 3. The molecule has 142 valence electrons. The summed E-state index contributed by atoms with van der Waals surface area (Å²) in [6.07, 6.45) is 4.22. The van der Waals surface area contributed by atoms with Crippen LogP contribution in [0.1, 0.15) is 39.5 Å². The summed E-state index contributed by atoms with van der Waals surface area (Å²) in [7, 11) is 3.74. The number of aromatic nitrogens is 1. The van der Waals surface area contributed by atoms with E-state index < -0.39 is 17.5 Å². The quantitative estimate of drug-likeness (QED) is 0.691. The maximum absolute atomic E-state index is 12.8. The first-order valence-corrected chi connectivity index (χ1v) is 8.90. The molecule has 1 aliphatic heterocycles. The molecule has 0 aromatic carbocycles. The van der Waals surface area contributed by atoms with Crippen molar-refractivity contribution < 1.29 is 14.4 Å². The highest BCUT2D eigenvalue weighted by Crippen LogP contribution is 2.28. The maximum atomic E-state index is 12.8. The smallest absolute Gasteiger partial charge is 0.325 e. The Balaban J connectivity index is 2.04. The lowest BCUT2D eigenvalue weighted by Gasteiger charge is -2.25. The summed E-state index contributed by atoms with van der Waals surface area (Å²) in [5, 5.41) is 5.47. The summed E-state index contributed by atoms with van der Waals surface area (Å²) < 4.78 is 0. The Morgan fingerprint density at radius 1 is 1.23 bits per heavy atom. The van der Waals surface area contributed by atoms with Gasteiger partial charge in [0.2, 0.25) is 5.91 Å². The average Bonchev–Trinajstić information content (AvgIpc) is 2.80. The number of carbonyl (C=O) groups excluding carboxylic acids is 3. The molecule has 1 fully saturated rings. The monoisotopic (exact) mass is 361 g/mol. The molecule has 1 saturated heterocycles. The first-order valence-electron chi connectivity index (χ1n) is 8.90. The van der Waals surface area contributed by atoms with Crippen molar-refractivity contribution in [2.24, 2.45) is 0 Å². The average molecular weight is 361 g/mol. The Morgan fingerprint density at radius 2 is 1.88 bits per heavy atom. The zero-order valence-corrected chi connectivity index (χ0v) is 15.8. The first-order chi connectivity index (χ1) is 12.3. The molecule has 0 atom stereocenters. The van der Waals surface area contributed by atoms with Gasteiger partial charge in [0.05, 0.1) is 11.9 Å². The van der Waals surface area contributed by atoms with Crippen LogP contribution < -0.4 is 15.5 Å². The molecule has 0 radical (unpaired) electrons. The second-order valence-electron chi connectivity index (χ2n) is 6.75. The van der Waals surface area contributed by atoms with E-state index in [-0.39, 0.29) is 12.5 Å². The van der Waals surface area contributed by atoms with Gasteiger partial charge in [0.15, 0.2) is 0 Å². The van der Waals surface area contributed by atoms with Crippen molar-refractivity contribution in [3.05, 3.63) is 18.3 Å². The van der Waals surface area contributed by atoms with E-state index in [0.29, 0.717) is 18.5 Å². The number of imide groups is 1.